The summed E-state index contributed by atoms with van der Waals surface area (Å²) < 4.78 is 31.4. The molecule has 3 heterocycles. The highest BCUT2D eigenvalue weighted by Gasteiger charge is 2.52. The predicted molar refractivity (Wildman–Crippen MR) is 210 cm³/mol. The molecule has 0 saturated carbocycles. The van der Waals surface area contributed by atoms with Crippen LogP contribution in [0.15, 0.2) is 0 Å². The Bertz CT molecular complexity index is 1260. The molecule has 0 aliphatic carbocycles. The first kappa shape index (κ1) is 48.0. The standard InChI is InChI=1S/C42H76N2O11/c1-15-17-18-43(12)31-19-25(4)52-32(35(31)45)20-30-26(5)36(55-34-22-41(10,51-14)38(47)29(8)53-34)27(6)39(48)54-33(16-2)42(11,50)37(46)28(7)44(13)23-24(3)21-40(30,9)49/h1,24-38,45-47,49-50H,16-23H2,2-14H3/t24-,25-,26-,27-,28-,29+,30-,31+,32+,33-,34+,35-,36+,37-,38+,40-,41-,42-/m1/s1. The fourth-order valence-electron chi connectivity index (χ4n) is 9.68. The number of rotatable bonds is 9. The van der Waals surface area contributed by atoms with Crippen LogP contribution in [0.25, 0.3) is 0 Å². The number of nitrogens with zero attached hydrogens (tertiary/aromatic N) is 2. The van der Waals surface area contributed by atoms with Crippen LogP contribution in [-0.4, -0.2) is 160 Å². The molecule has 0 aromatic heterocycles. The Hall–Kier alpha value is -1.41. The normalized spacial score (nSPS) is 47.4. The zero-order valence-electron chi connectivity index (χ0n) is 36.0. The Balaban J connectivity index is 2.17. The van der Waals surface area contributed by atoms with Gasteiger partial charge in [0.2, 0.25) is 0 Å². The van der Waals surface area contributed by atoms with Crippen molar-refractivity contribution >= 4 is 5.97 Å². The molecule has 3 aliphatic heterocycles. The lowest BCUT2D eigenvalue weighted by atomic mass is 9.68. The van der Waals surface area contributed by atoms with Gasteiger partial charge in [0.05, 0.1) is 47.6 Å². The number of aliphatic hydroxyl groups excluding tert-OH is 3. The van der Waals surface area contributed by atoms with Gasteiger partial charge in [-0.15, -0.1) is 12.3 Å². The number of ether oxygens (including phenoxy) is 5. The summed E-state index contributed by atoms with van der Waals surface area (Å²) >= 11 is 0. The maximum Gasteiger partial charge on any atom is 0.311 e. The summed E-state index contributed by atoms with van der Waals surface area (Å²) in [4.78, 5) is 18.3. The van der Waals surface area contributed by atoms with Gasteiger partial charge in [0.15, 0.2) is 6.29 Å². The maximum absolute atomic E-state index is 14.3. The fourth-order valence-corrected chi connectivity index (χ4v) is 9.68. The largest absolute Gasteiger partial charge is 0.459 e. The molecule has 0 spiro atoms. The minimum atomic E-state index is -1.79. The summed E-state index contributed by atoms with van der Waals surface area (Å²) in [5.74, 6) is -0.126. The van der Waals surface area contributed by atoms with E-state index in [1.165, 1.54) is 14.0 Å². The van der Waals surface area contributed by atoms with Gasteiger partial charge in [-0.2, -0.15) is 0 Å². The number of aliphatic hydroxyl groups is 5. The third-order valence-electron chi connectivity index (χ3n) is 13.4. The highest BCUT2D eigenvalue weighted by atomic mass is 16.7. The lowest BCUT2D eigenvalue weighted by Crippen LogP contribution is -2.59. The number of esters is 1. The molecule has 0 amide bonds. The van der Waals surface area contributed by atoms with Crippen molar-refractivity contribution < 1.29 is 54.0 Å². The first-order chi connectivity index (χ1) is 25.4. The molecule has 13 nitrogen and oxygen atoms in total. The van der Waals surface area contributed by atoms with Gasteiger partial charge >= 0.3 is 5.97 Å². The van der Waals surface area contributed by atoms with E-state index >= 15 is 0 Å². The van der Waals surface area contributed by atoms with E-state index in [2.05, 4.69) is 10.8 Å². The monoisotopic (exact) mass is 785 g/mol. The number of terminal acetylenes is 1. The highest BCUT2D eigenvalue weighted by molar-refractivity contribution is 5.73. The van der Waals surface area contributed by atoms with Gasteiger partial charge in [0.25, 0.3) is 0 Å². The van der Waals surface area contributed by atoms with Crippen molar-refractivity contribution in [1.29, 1.82) is 0 Å². The summed E-state index contributed by atoms with van der Waals surface area (Å²) in [5.41, 5.74) is -4.15. The molecular formula is C42H76N2O11. The van der Waals surface area contributed by atoms with Crippen LogP contribution in [0.4, 0.5) is 0 Å². The lowest BCUT2D eigenvalue weighted by Gasteiger charge is -2.49. The average Bonchev–Trinajstić information content (AvgIpc) is 3.11. The summed E-state index contributed by atoms with van der Waals surface area (Å²) in [6.45, 7) is 19.2. The topological polar surface area (TPSA) is 171 Å². The van der Waals surface area contributed by atoms with E-state index in [1.54, 1.807) is 34.6 Å². The smallest absolute Gasteiger partial charge is 0.311 e. The van der Waals surface area contributed by atoms with Crippen molar-refractivity contribution in [3.05, 3.63) is 0 Å². The molecule has 3 rings (SSSR count). The molecule has 18 atom stereocenters. The molecule has 0 radical (unpaired) electrons. The summed E-state index contributed by atoms with van der Waals surface area (Å²) in [5, 5.41) is 58.9. The molecule has 0 aromatic carbocycles. The third-order valence-corrected chi connectivity index (χ3v) is 13.4. The molecule has 320 valence electrons. The molecule has 55 heavy (non-hydrogen) atoms. The second-order valence-electron chi connectivity index (χ2n) is 18.1. The van der Waals surface area contributed by atoms with Gasteiger partial charge in [-0.3, -0.25) is 9.69 Å². The van der Waals surface area contributed by atoms with Crippen molar-refractivity contribution in [3.63, 3.8) is 0 Å². The van der Waals surface area contributed by atoms with Crippen molar-refractivity contribution in [3.8, 4) is 12.3 Å². The second-order valence-corrected chi connectivity index (χ2v) is 18.1. The van der Waals surface area contributed by atoms with Crippen LogP contribution in [-0.2, 0) is 28.5 Å². The SMILES string of the molecule is C#CCCN(C)[C@H]1C[C@@H](C)O[C@@H](C[C@@H]2[C@@H](C)[C@H](O[C@H]3C[C@@](C)(OC)[C@@H](O)[C@H](C)O3)[C@@H](C)C(=O)O[C@H](CC)[C@@](C)(O)[C@H](O)[C@@H](C)N(C)C[C@H](C)C[C@@]2(C)O)[C@@H]1O. The molecular weight excluding hydrogens is 708 g/mol. The van der Waals surface area contributed by atoms with Crippen LogP contribution in [0.3, 0.4) is 0 Å². The third kappa shape index (κ3) is 11.2. The fraction of sp³-hybridized carbons (Fsp3) is 0.929. The van der Waals surface area contributed by atoms with Gasteiger partial charge in [-0.1, -0.05) is 20.8 Å². The summed E-state index contributed by atoms with van der Waals surface area (Å²) in [7, 11) is 5.34. The van der Waals surface area contributed by atoms with E-state index in [-0.39, 0.29) is 37.3 Å². The zero-order valence-corrected chi connectivity index (χ0v) is 36.0. The van der Waals surface area contributed by atoms with Crippen LogP contribution < -0.4 is 0 Å². The maximum atomic E-state index is 14.3. The summed E-state index contributed by atoms with van der Waals surface area (Å²) in [6.07, 6.45) is 0.289. The van der Waals surface area contributed by atoms with Gasteiger partial charge in [-0.05, 0) is 106 Å². The molecule has 0 aromatic rings. The number of hydrogen-bond acceptors (Lipinski definition) is 13. The van der Waals surface area contributed by atoms with Crippen LogP contribution >= 0.6 is 0 Å². The Morgan fingerprint density at radius 3 is 2.24 bits per heavy atom. The zero-order chi connectivity index (χ0) is 41.8. The van der Waals surface area contributed by atoms with Gasteiger partial charge in [-0.25, -0.2) is 0 Å². The molecule has 3 aliphatic rings. The number of likely N-dealkylation sites (N-methyl/N-ethyl adjacent to an activating group) is 2. The second kappa shape index (κ2) is 19.6. The minimum absolute atomic E-state index is 0.0822. The first-order valence-corrected chi connectivity index (χ1v) is 20.5. The first-order valence-electron chi connectivity index (χ1n) is 20.5. The molecule has 3 saturated heterocycles. The van der Waals surface area contributed by atoms with Crippen LogP contribution in [0.5, 0.6) is 0 Å². The number of carbonyl (C=O) groups excluding carboxylic acids is 1. The minimum Gasteiger partial charge on any atom is -0.459 e. The van der Waals surface area contributed by atoms with Gasteiger partial charge < -0.3 is 54.1 Å². The van der Waals surface area contributed by atoms with E-state index in [1.807, 2.05) is 46.7 Å². The molecule has 13 heteroatoms. The van der Waals surface area contributed by atoms with Crippen molar-refractivity contribution in [2.45, 2.75) is 192 Å². The highest BCUT2D eigenvalue weighted by Crippen LogP contribution is 2.43. The molecule has 5 N–H and O–H groups in total. The molecule has 0 unspecified atom stereocenters. The van der Waals surface area contributed by atoms with Crippen molar-refractivity contribution in [2.75, 3.05) is 34.3 Å². The quantitative estimate of drug-likeness (QED) is 0.171. The van der Waals surface area contributed by atoms with Crippen LogP contribution in [0.2, 0.25) is 0 Å². The Morgan fingerprint density at radius 2 is 1.65 bits per heavy atom. The van der Waals surface area contributed by atoms with E-state index < -0.39 is 95.6 Å². The van der Waals surface area contributed by atoms with Crippen LogP contribution in [0.1, 0.15) is 108 Å². The van der Waals surface area contributed by atoms with Crippen molar-refractivity contribution in [2.24, 2.45) is 23.7 Å². The van der Waals surface area contributed by atoms with Crippen molar-refractivity contribution in [1.82, 2.24) is 9.80 Å². The van der Waals surface area contributed by atoms with Crippen LogP contribution in [0, 0.1) is 36.0 Å². The van der Waals surface area contributed by atoms with E-state index in [0.29, 0.717) is 32.4 Å². The Kier molecular flexibility index (Phi) is 17.1. The van der Waals surface area contributed by atoms with E-state index in [9.17, 15) is 30.3 Å². The number of cyclic esters (lactones) is 1. The predicted octanol–water partition coefficient (Wildman–Crippen LogP) is 2.96. The number of hydrogen-bond donors (Lipinski definition) is 5. The molecule has 3 fully saturated rings. The number of carbonyl (C=O) groups is 1. The summed E-state index contributed by atoms with van der Waals surface area (Å²) in [6, 6.07) is -0.741. The average molecular weight is 785 g/mol. The molecule has 0 bridgehead atoms. The Labute approximate surface area is 331 Å². The van der Waals surface area contributed by atoms with Gasteiger partial charge in [0.1, 0.15) is 23.9 Å². The van der Waals surface area contributed by atoms with Gasteiger partial charge in [0, 0.05) is 45.1 Å². The number of methoxy groups -OCH3 is 1. The lowest BCUT2D eigenvalue weighted by molar-refractivity contribution is -0.299. The Morgan fingerprint density at radius 1 is 1.02 bits per heavy atom. The van der Waals surface area contributed by atoms with E-state index in [4.69, 9.17) is 30.1 Å². The van der Waals surface area contributed by atoms with E-state index in [0.717, 1.165) is 0 Å².